The Morgan fingerprint density at radius 3 is 2.64 bits per heavy atom. The average Bonchev–Trinajstić information content (AvgIpc) is 3.05. The van der Waals surface area contributed by atoms with Crippen LogP contribution in [0.2, 0.25) is 0 Å². The van der Waals surface area contributed by atoms with Crippen molar-refractivity contribution in [1.82, 2.24) is 0 Å². The van der Waals surface area contributed by atoms with E-state index in [9.17, 15) is 9.90 Å². The van der Waals surface area contributed by atoms with Crippen molar-refractivity contribution in [2.75, 3.05) is 0 Å². The zero-order valence-electron chi connectivity index (χ0n) is 17.4. The fraction of sp³-hybridized carbons (Fsp3) is 0.731. The highest BCUT2D eigenvalue weighted by molar-refractivity contribution is 5.87. The minimum Gasteiger partial charge on any atom is -0.393 e. The van der Waals surface area contributed by atoms with E-state index in [2.05, 4.69) is 37.3 Å². The normalized spacial score (nSPS) is 45.2. The van der Waals surface area contributed by atoms with Crippen LogP contribution in [0.25, 0.3) is 0 Å². The molecular weight excluding hydrogens is 344 g/mol. The molecule has 0 amide bonds. The van der Waals surface area contributed by atoms with Crippen molar-refractivity contribution in [2.24, 2.45) is 34.5 Å². The summed E-state index contributed by atoms with van der Waals surface area (Å²) < 4.78 is 0. The van der Waals surface area contributed by atoms with Gasteiger partial charge in [0.1, 0.15) is 5.78 Å². The first kappa shape index (κ1) is 18.9. The maximum atomic E-state index is 13.2. The second-order valence-corrected chi connectivity index (χ2v) is 10.7. The Morgan fingerprint density at radius 1 is 1.00 bits per heavy atom. The predicted octanol–water partition coefficient (Wildman–Crippen LogP) is 5.57. The van der Waals surface area contributed by atoms with Gasteiger partial charge < -0.3 is 5.11 Å². The zero-order chi connectivity index (χ0) is 19.4. The highest BCUT2D eigenvalue weighted by Crippen LogP contribution is 2.66. The Morgan fingerprint density at radius 2 is 1.82 bits per heavy atom. The lowest BCUT2D eigenvalue weighted by molar-refractivity contribution is -0.145. The highest BCUT2D eigenvalue weighted by Gasteiger charge is 2.61. The molecule has 4 aliphatic rings. The average molecular weight is 381 g/mol. The second kappa shape index (κ2) is 6.97. The van der Waals surface area contributed by atoms with Gasteiger partial charge in [-0.2, -0.15) is 0 Å². The van der Waals surface area contributed by atoms with Gasteiger partial charge in [0.2, 0.25) is 0 Å². The summed E-state index contributed by atoms with van der Waals surface area (Å²) >= 11 is 0. The number of carbonyl (C=O) groups excluding carboxylic acids is 1. The molecule has 0 aliphatic heterocycles. The van der Waals surface area contributed by atoms with Crippen LogP contribution in [0.5, 0.6) is 0 Å². The molecule has 2 heteroatoms. The summed E-state index contributed by atoms with van der Waals surface area (Å²) in [4.78, 5) is 13.2. The lowest BCUT2D eigenvalue weighted by Crippen LogP contribution is -2.54. The molecule has 152 valence electrons. The van der Waals surface area contributed by atoms with Crippen LogP contribution in [0.3, 0.4) is 0 Å². The third-order valence-electron chi connectivity index (χ3n) is 9.79. The number of Topliss-reactive ketones (excluding diaryl/α,β-unsaturated/α-hetero) is 1. The maximum Gasteiger partial charge on any atom is 0.139 e. The number of benzene rings is 1. The van der Waals surface area contributed by atoms with E-state index in [0.29, 0.717) is 23.0 Å². The number of hydrogen-bond acceptors (Lipinski definition) is 2. The van der Waals surface area contributed by atoms with Gasteiger partial charge >= 0.3 is 0 Å². The van der Waals surface area contributed by atoms with Gasteiger partial charge in [0.05, 0.1) is 6.10 Å². The van der Waals surface area contributed by atoms with Crippen LogP contribution in [0.1, 0.15) is 76.7 Å². The Hall–Kier alpha value is -1.15. The minimum atomic E-state index is -0.0729. The van der Waals surface area contributed by atoms with Gasteiger partial charge in [-0.25, -0.2) is 0 Å². The molecule has 0 unspecified atom stereocenters. The van der Waals surface area contributed by atoms with E-state index < -0.39 is 0 Å². The third kappa shape index (κ3) is 2.82. The van der Waals surface area contributed by atoms with Gasteiger partial charge in [0, 0.05) is 11.8 Å². The topological polar surface area (TPSA) is 37.3 Å². The summed E-state index contributed by atoms with van der Waals surface area (Å²) in [6.07, 6.45) is 12.1. The summed E-state index contributed by atoms with van der Waals surface area (Å²) in [5, 5.41) is 10.2. The first-order chi connectivity index (χ1) is 13.5. The number of carbonyl (C=O) groups is 1. The number of hydrogen-bond donors (Lipinski definition) is 1. The van der Waals surface area contributed by atoms with E-state index in [1.807, 2.05) is 0 Å². The summed E-state index contributed by atoms with van der Waals surface area (Å²) in [5.74, 6) is 3.42. The first-order valence-corrected chi connectivity index (χ1v) is 11.8. The number of fused-ring (bicyclic) bond motifs is 5. The molecule has 0 saturated heterocycles. The van der Waals surface area contributed by atoms with Crippen molar-refractivity contribution in [3.63, 3.8) is 0 Å². The molecule has 0 aromatic heterocycles. The molecule has 1 aromatic carbocycles. The monoisotopic (exact) mass is 380 g/mol. The van der Waals surface area contributed by atoms with E-state index in [1.165, 1.54) is 31.2 Å². The van der Waals surface area contributed by atoms with Crippen LogP contribution in [0.4, 0.5) is 0 Å². The van der Waals surface area contributed by atoms with E-state index in [-0.39, 0.29) is 11.5 Å². The van der Waals surface area contributed by atoms with Crippen molar-refractivity contribution in [2.45, 2.75) is 83.7 Å². The van der Waals surface area contributed by atoms with Gasteiger partial charge in [0.25, 0.3) is 0 Å². The van der Waals surface area contributed by atoms with Crippen molar-refractivity contribution in [1.29, 1.82) is 0 Å². The van der Waals surface area contributed by atoms with Crippen LogP contribution >= 0.6 is 0 Å². The number of ketones is 1. The third-order valence-corrected chi connectivity index (χ3v) is 9.79. The van der Waals surface area contributed by atoms with Gasteiger partial charge in [-0.05, 0) is 98.9 Å². The molecule has 4 saturated carbocycles. The molecule has 0 radical (unpaired) electrons. The zero-order valence-corrected chi connectivity index (χ0v) is 17.4. The molecule has 5 rings (SSSR count). The van der Waals surface area contributed by atoms with Crippen molar-refractivity contribution < 1.29 is 9.90 Å². The van der Waals surface area contributed by atoms with Crippen molar-refractivity contribution in [3.8, 4) is 0 Å². The maximum absolute atomic E-state index is 13.2. The lowest BCUT2D eigenvalue weighted by Gasteiger charge is -2.60. The van der Waals surface area contributed by atoms with Crippen LogP contribution in [0.15, 0.2) is 30.3 Å². The standard InChI is InChI=1S/C26H36O2/c1-25-14-12-20(27)17-19(25)7-8-21-22(25)13-16-26(23(21)9-10-24(26)28)15-11-18-5-3-2-4-6-18/h2-6,19-23,27H,7-17H2,1H3/t19-,20+,21+,22-,23-,25-,26-/m0/s1. The number of aliphatic hydroxyl groups excluding tert-OH is 1. The SMILES string of the molecule is C[C@]12CC[C@@H](O)C[C@@H]1CC[C@H]1[C@@H]3CCC(=O)[C@@]3(CCc3ccccc3)CC[C@@H]12. The lowest BCUT2D eigenvalue weighted by atomic mass is 9.44. The Kier molecular flexibility index (Phi) is 4.69. The second-order valence-electron chi connectivity index (χ2n) is 10.7. The van der Waals surface area contributed by atoms with Crippen molar-refractivity contribution >= 4 is 5.78 Å². The number of aliphatic hydroxyl groups is 1. The fourth-order valence-corrected chi connectivity index (χ4v) is 8.28. The molecule has 1 N–H and O–H groups in total. The molecule has 1 aromatic rings. The predicted molar refractivity (Wildman–Crippen MR) is 112 cm³/mol. The summed E-state index contributed by atoms with van der Waals surface area (Å²) in [6, 6.07) is 10.8. The van der Waals surface area contributed by atoms with E-state index in [4.69, 9.17) is 0 Å². The molecule has 4 fully saturated rings. The molecule has 0 heterocycles. The largest absolute Gasteiger partial charge is 0.393 e. The van der Waals surface area contributed by atoms with E-state index in [1.54, 1.807) is 0 Å². The van der Waals surface area contributed by atoms with Gasteiger partial charge in [-0.1, -0.05) is 37.3 Å². The van der Waals surface area contributed by atoms with Gasteiger partial charge in [-0.15, -0.1) is 0 Å². The molecule has 28 heavy (non-hydrogen) atoms. The minimum absolute atomic E-state index is 0.0333. The Labute approximate surface area is 170 Å². The molecule has 0 bridgehead atoms. The Balaban J connectivity index is 1.39. The summed E-state index contributed by atoms with van der Waals surface area (Å²) in [5.41, 5.74) is 1.75. The Bertz CT molecular complexity index is 727. The summed E-state index contributed by atoms with van der Waals surface area (Å²) in [7, 11) is 0. The number of rotatable bonds is 3. The molecule has 2 nitrogen and oxygen atoms in total. The molecule has 7 atom stereocenters. The van der Waals surface area contributed by atoms with Crippen molar-refractivity contribution in [3.05, 3.63) is 35.9 Å². The molecular formula is C26H36O2. The van der Waals surface area contributed by atoms with E-state index >= 15 is 0 Å². The van der Waals surface area contributed by atoms with Crippen LogP contribution < -0.4 is 0 Å². The summed E-state index contributed by atoms with van der Waals surface area (Å²) in [6.45, 7) is 2.54. The fourth-order valence-electron chi connectivity index (χ4n) is 8.28. The number of aryl methyl sites for hydroxylation is 1. The highest BCUT2D eigenvalue weighted by atomic mass is 16.3. The van der Waals surface area contributed by atoms with Crippen LogP contribution in [-0.4, -0.2) is 17.0 Å². The quantitative estimate of drug-likeness (QED) is 0.744. The van der Waals surface area contributed by atoms with Crippen LogP contribution in [-0.2, 0) is 11.2 Å². The molecule has 4 aliphatic carbocycles. The van der Waals surface area contributed by atoms with Gasteiger partial charge in [0.15, 0.2) is 0 Å². The molecule has 0 spiro atoms. The first-order valence-electron chi connectivity index (χ1n) is 11.8. The smallest absolute Gasteiger partial charge is 0.139 e. The van der Waals surface area contributed by atoms with E-state index in [0.717, 1.165) is 56.8 Å². The van der Waals surface area contributed by atoms with Gasteiger partial charge in [-0.3, -0.25) is 4.79 Å². The van der Waals surface area contributed by atoms with Crippen LogP contribution in [0, 0.1) is 34.5 Å².